The Hall–Kier alpha value is -0.540. The number of hydrogen-bond donors (Lipinski definition) is 0. The van der Waals surface area contributed by atoms with Crippen LogP contribution in [-0.4, -0.2) is 9.38 Å². The van der Waals surface area contributed by atoms with Crippen molar-refractivity contribution in [2.45, 2.75) is 6.92 Å². The highest BCUT2D eigenvalue weighted by atomic mass is 35.5. The Morgan fingerprint density at radius 1 is 1.70 bits per heavy atom. The lowest BCUT2D eigenvalue weighted by Crippen LogP contribution is -1.77. The maximum atomic E-state index is 5.67. The molecule has 2 rings (SSSR count). The van der Waals surface area contributed by atoms with Gasteiger partial charge >= 0.3 is 0 Å². The van der Waals surface area contributed by atoms with Gasteiger partial charge in [0.05, 0.1) is 0 Å². The zero-order chi connectivity index (χ0) is 7.14. The van der Waals surface area contributed by atoms with E-state index in [0.29, 0.717) is 5.15 Å². The van der Waals surface area contributed by atoms with Gasteiger partial charge in [0.15, 0.2) is 4.96 Å². The van der Waals surface area contributed by atoms with Crippen molar-refractivity contribution in [3.05, 3.63) is 22.4 Å². The molecule has 0 aliphatic carbocycles. The summed E-state index contributed by atoms with van der Waals surface area (Å²) in [4.78, 5) is 5.04. The molecule has 0 fully saturated rings. The minimum atomic E-state index is 0.565. The van der Waals surface area contributed by atoms with E-state index < -0.39 is 0 Å². The van der Waals surface area contributed by atoms with Crippen molar-refractivity contribution in [3.63, 3.8) is 0 Å². The van der Waals surface area contributed by atoms with Gasteiger partial charge in [0.2, 0.25) is 0 Å². The maximum Gasteiger partial charge on any atom is 0.195 e. The summed E-state index contributed by atoms with van der Waals surface area (Å²) in [5.74, 6) is 0. The number of hydrogen-bond acceptors (Lipinski definition) is 2. The lowest BCUT2D eigenvalue weighted by atomic mass is 10.6. The molecule has 2 heterocycles. The van der Waals surface area contributed by atoms with Gasteiger partial charge < -0.3 is 0 Å². The first-order valence-electron chi connectivity index (χ1n) is 2.86. The second kappa shape index (κ2) is 1.97. The van der Waals surface area contributed by atoms with E-state index in [0.717, 1.165) is 4.96 Å². The molecule has 0 unspecified atom stereocenters. The largest absolute Gasteiger partial charge is 0.293 e. The number of imidazole rings is 1. The van der Waals surface area contributed by atoms with Crippen molar-refractivity contribution in [1.82, 2.24) is 9.38 Å². The minimum absolute atomic E-state index is 0.565. The summed E-state index contributed by atoms with van der Waals surface area (Å²) in [5, 5.41) is 2.62. The van der Waals surface area contributed by atoms with Crippen molar-refractivity contribution in [1.29, 1.82) is 0 Å². The molecule has 0 amide bonds. The molecule has 2 aromatic heterocycles. The third-order valence-corrected chi connectivity index (χ3v) is 2.50. The van der Waals surface area contributed by atoms with E-state index in [9.17, 15) is 0 Å². The van der Waals surface area contributed by atoms with Crippen LogP contribution >= 0.6 is 22.9 Å². The Labute approximate surface area is 67.1 Å². The normalized spacial score (nSPS) is 11.0. The lowest BCUT2D eigenvalue weighted by molar-refractivity contribution is 1.13. The van der Waals surface area contributed by atoms with Crippen molar-refractivity contribution in [2.24, 2.45) is 0 Å². The Morgan fingerprint density at radius 2 is 2.50 bits per heavy atom. The van der Waals surface area contributed by atoms with Gasteiger partial charge in [-0.3, -0.25) is 4.40 Å². The molecule has 0 atom stereocenters. The predicted molar refractivity (Wildman–Crippen MR) is 42.8 cm³/mol. The van der Waals surface area contributed by atoms with Crippen LogP contribution in [-0.2, 0) is 0 Å². The van der Waals surface area contributed by atoms with Crippen LogP contribution in [0.4, 0.5) is 0 Å². The first-order valence-corrected chi connectivity index (χ1v) is 4.12. The molecule has 0 aromatic carbocycles. The van der Waals surface area contributed by atoms with Gasteiger partial charge in [0.25, 0.3) is 0 Å². The van der Waals surface area contributed by atoms with Crippen molar-refractivity contribution >= 4 is 27.9 Å². The van der Waals surface area contributed by atoms with Gasteiger partial charge in [0, 0.05) is 17.3 Å². The predicted octanol–water partition coefficient (Wildman–Crippen LogP) is 2.36. The Balaban J connectivity index is 2.90. The number of aryl methyl sites for hydroxylation is 1. The molecule has 4 heteroatoms. The highest BCUT2D eigenvalue weighted by Crippen LogP contribution is 2.17. The molecule has 0 saturated carbocycles. The zero-order valence-corrected chi connectivity index (χ0v) is 6.91. The van der Waals surface area contributed by atoms with E-state index in [4.69, 9.17) is 11.6 Å². The van der Waals surface area contributed by atoms with Crippen LogP contribution in [0.25, 0.3) is 4.96 Å². The van der Waals surface area contributed by atoms with Crippen LogP contribution in [0.2, 0.25) is 5.15 Å². The highest BCUT2D eigenvalue weighted by molar-refractivity contribution is 7.15. The topological polar surface area (TPSA) is 17.3 Å². The quantitative estimate of drug-likeness (QED) is 0.597. The number of halogens is 1. The third-order valence-electron chi connectivity index (χ3n) is 1.36. The van der Waals surface area contributed by atoms with E-state index in [1.807, 2.05) is 17.5 Å². The molecule has 2 nitrogen and oxygen atoms in total. The average Bonchev–Trinajstić information content (AvgIpc) is 2.35. The number of rotatable bonds is 0. The molecule has 10 heavy (non-hydrogen) atoms. The van der Waals surface area contributed by atoms with Crippen molar-refractivity contribution < 1.29 is 0 Å². The molecule has 0 aliphatic heterocycles. The van der Waals surface area contributed by atoms with Gasteiger partial charge in [-0.05, 0) is 6.92 Å². The summed E-state index contributed by atoms with van der Waals surface area (Å²) in [6.07, 6.45) is 1.82. The fourth-order valence-electron chi connectivity index (χ4n) is 0.866. The van der Waals surface area contributed by atoms with E-state index in [1.165, 1.54) is 5.69 Å². The van der Waals surface area contributed by atoms with Crippen LogP contribution < -0.4 is 0 Å². The smallest absolute Gasteiger partial charge is 0.195 e. The molecule has 0 bridgehead atoms. The minimum Gasteiger partial charge on any atom is -0.293 e. The maximum absolute atomic E-state index is 5.67. The second-order valence-corrected chi connectivity index (χ2v) is 3.32. The second-order valence-electron chi connectivity index (χ2n) is 2.09. The van der Waals surface area contributed by atoms with Gasteiger partial charge in [0.1, 0.15) is 5.15 Å². The fraction of sp³-hybridized carbons (Fsp3) is 0.167. The van der Waals surface area contributed by atoms with Gasteiger partial charge in [-0.2, -0.15) is 0 Å². The third kappa shape index (κ3) is 0.744. The lowest BCUT2D eigenvalue weighted by Gasteiger charge is -1.82. The van der Waals surface area contributed by atoms with Gasteiger partial charge in [-0.15, -0.1) is 11.3 Å². The van der Waals surface area contributed by atoms with E-state index in [1.54, 1.807) is 11.3 Å². The molecule has 52 valence electrons. The molecule has 0 radical (unpaired) electrons. The van der Waals surface area contributed by atoms with Crippen molar-refractivity contribution in [2.75, 3.05) is 0 Å². The summed E-state index contributed by atoms with van der Waals surface area (Å²) in [6.45, 7) is 2.03. The summed E-state index contributed by atoms with van der Waals surface area (Å²) in [7, 11) is 0. The molecular formula is C6H5ClN2S. The summed E-state index contributed by atoms with van der Waals surface area (Å²) in [5.41, 5.74) is 1.18. The average molecular weight is 173 g/mol. The highest BCUT2D eigenvalue weighted by Gasteiger charge is 2.01. The molecular weight excluding hydrogens is 168 g/mol. The van der Waals surface area contributed by atoms with Crippen LogP contribution in [0, 0.1) is 6.92 Å². The number of fused-ring (bicyclic) bond motifs is 1. The molecule has 2 aromatic rings. The molecule has 0 N–H and O–H groups in total. The zero-order valence-electron chi connectivity index (χ0n) is 5.34. The van der Waals surface area contributed by atoms with Crippen molar-refractivity contribution in [3.8, 4) is 0 Å². The summed E-state index contributed by atoms with van der Waals surface area (Å²) >= 11 is 7.27. The van der Waals surface area contributed by atoms with E-state index in [2.05, 4.69) is 10.4 Å². The summed E-state index contributed by atoms with van der Waals surface area (Å²) < 4.78 is 1.98. The van der Waals surface area contributed by atoms with E-state index >= 15 is 0 Å². The van der Waals surface area contributed by atoms with Crippen LogP contribution in [0.15, 0.2) is 11.6 Å². The SMILES string of the molecule is Cc1csc2nc(Cl)cn12. The Kier molecular flexibility index (Phi) is 1.22. The molecule has 0 spiro atoms. The van der Waals surface area contributed by atoms with Crippen LogP contribution in [0.1, 0.15) is 5.69 Å². The number of thiazole rings is 1. The monoisotopic (exact) mass is 172 g/mol. The molecule has 0 saturated heterocycles. The summed E-state index contributed by atoms with van der Waals surface area (Å²) in [6, 6.07) is 0. The van der Waals surface area contributed by atoms with Gasteiger partial charge in [-0.1, -0.05) is 11.6 Å². The van der Waals surface area contributed by atoms with Gasteiger partial charge in [-0.25, -0.2) is 4.98 Å². The van der Waals surface area contributed by atoms with E-state index in [-0.39, 0.29) is 0 Å². The van der Waals surface area contributed by atoms with Crippen LogP contribution in [0.5, 0.6) is 0 Å². The number of aromatic nitrogens is 2. The first kappa shape index (κ1) is 6.19. The first-order chi connectivity index (χ1) is 4.77. The molecule has 0 aliphatic rings. The Bertz CT molecular complexity index is 363. The fourth-order valence-corrected chi connectivity index (χ4v) is 1.95. The standard InChI is InChI=1S/C6H5ClN2S/c1-4-3-10-6-8-5(7)2-9(4)6/h2-3H,1H3. The number of nitrogens with zero attached hydrogens (tertiary/aromatic N) is 2. The van der Waals surface area contributed by atoms with Crippen LogP contribution in [0.3, 0.4) is 0 Å². The Morgan fingerprint density at radius 3 is 3.20 bits per heavy atom.